The molecular formula is C25H26N6O. The summed E-state index contributed by atoms with van der Waals surface area (Å²) in [5.74, 6) is 2.51. The van der Waals surface area contributed by atoms with Gasteiger partial charge in [-0.25, -0.2) is 15.0 Å². The Bertz CT molecular complexity index is 1150. The highest BCUT2D eigenvalue weighted by Crippen LogP contribution is 2.23. The van der Waals surface area contributed by atoms with Gasteiger partial charge in [0.25, 0.3) is 0 Å². The van der Waals surface area contributed by atoms with Crippen LogP contribution in [0.4, 0.5) is 5.82 Å². The van der Waals surface area contributed by atoms with Gasteiger partial charge in [-0.3, -0.25) is 9.88 Å². The lowest BCUT2D eigenvalue weighted by Gasteiger charge is -2.35. The van der Waals surface area contributed by atoms with Crippen LogP contribution in [0.1, 0.15) is 18.5 Å². The third-order valence-corrected chi connectivity index (χ3v) is 5.74. The van der Waals surface area contributed by atoms with Crippen LogP contribution in [0.15, 0.2) is 71.6 Å². The third-order valence-electron chi connectivity index (χ3n) is 5.74. The van der Waals surface area contributed by atoms with Crippen LogP contribution in [0.5, 0.6) is 0 Å². The van der Waals surface area contributed by atoms with Crippen LogP contribution in [0.2, 0.25) is 0 Å². The minimum Gasteiger partial charge on any atom is -0.447 e. The highest BCUT2D eigenvalue weighted by Gasteiger charge is 2.21. The maximum absolute atomic E-state index is 5.74. The van der Waals surface area contributed by atoms with Crippen molar-refractivity contribution in [2.24, 2.45) is 0 Å². The minimum absolute atomic E-state index is 0.715. The van der Waals surface area contributed by atoms with Gasteiger partial charge in [0.05, 0.1) is 6.54 Å². The average Bonchev–Trinajstić information content (AvgIpc) is 3.34. The lowest BCUT2D eigenvalue weighted by molar-refractivity contribution is 0.226. The Labute approximate surface area is 187 Å². The van der Waals surface area contributed by atoms with Crippen LogP contribution in [0, 0.1) is 0 Å². The number of hydrogen-bond donors (Lipinski definition) is 0. The van der Waals surface area contributed by atoms with E-state index < -0.39 is 0 Å². The van der Waals surface area contributed by atoms with Crippen molar-refractivity contribution in [3.63, 3.8) is 0 Å². The van der Waals surface area contributed by atoms with E-state index in [4.69, 9.17) is 14.4 Å². The van der Waals surface area contributed by atoms with Gasteiger partial charge < -0.3 is 9.32 Å². The molecule has 0 radical (unpaired) electrons. The van der Waals surface area contributed by atoms with Crippen molar-refractivity contribution in [3.8, 4) is 22.6 Å². The molecule has 162 valence electrons. The molecule has 1 aromatic carbocycles. The third kappa shape index (κ3) is 4.53. The summed E-state index contributed by atoms with van der Waals surface area (Å²) in [6.45, 7) is 6.51. The maximum Gasteiger partial charge on any atom is 0.208 e. The molecule has 0 bridgehead atoms. The molecule has 0 saturated carbocycles. The van der Waals surface area contributed by atoms with E-state index in [1.165, 1.54) is 0 Å². The average molecular weight is 427 g/mol. The van der Waals surface area contributed by atoms with E-state index in [-0.39, 0.29) is 0 Å². The first-order valence-electron chi connectivity index (χ1n) is 11.0. The van der Waals surface area contributed by atoms with E-state index in [0.717, 1.165) is 72.6 Å². The fourth-order valence-electron chi connectivity index (χ4n) is 3.91. The number of rotatable bonds is 6. The van der Waals surface area contributed by atoms with E-state index in [1.807, 2.05) is 42.5 Å². The van der Waals surface area contributed by atoms with E-state index in [0.29, 0.717) is 6.54 Å². The Balaban J connectivity index is 1.25. The molecule has 4 heterocycles. The standard InChI is InChI=1S/C25H26N6O/c1-2-21-16-23(29-25(27-21)20-8-10-26-11-9-20)31-14-12-30(13-15-31)17-24-28-22(18-32-24)19-6-4-3-5-7-19/h3-11,16,18H,2,12-15,17H2,1H3. The van der Waals surface area contributed by atoms with Gasteiger partial charge >= 0.3 is 0 Å². The predicted molar refractivity (Wildman–Crippen MR) is 124 cm³/mol. The minimum atomic E-state index is 0.715. The summed E-state index contributed by atoms with van der Waals surface area (Å²) in [6, 6.07) is 16.2. The van der Waals surface area contributed by atoms with Crippen molar-refractivity contribution in [2.75, 3.05) is 31.1 Å². The molecule has 0 unspecified atom stereocenters. The first-order chi connectivity index (χ1) is 15.8. The highest BCUT2D eigenvalue weighted by atomic mass is 16.3. The summed E-state index contributed by atoms with van der Waals surface area (Å²) in [5, 5.41) is 0. The van der Waals surface area contributed by atoms with Gasteiger partial charge in [0.1, 0.15) is 17.8 Å². The van der Waals surface area contributed by atoms with Crippen LogP contribution in [-0.4, -0.2) is 51.0 Å². The summed E-state index contributed by atoms with van der Waals surface area (Å²) in [6.07, 6.45) is 6.18. The summed E-state index contributed by atoms with van der Waals surface area (Å²) in [7, 11) is 0. The van der Waals surface area contributed by atoms with Crippen molar-refractivity contribution in [3.05, 3.63) is 78.8 Å². The lowest BCUT2D eigenvalue weighted by Crippen LogP contribution is -2.46. The first kappa shape index (κ1) is 20.3. The van der Waals surface area contributed by atoms with Gasteiger partial charge in [-0.1, -0.05) is 37.3 Å². The van der Waals surface area contributed by atoms with Gasteiger partial charge in [0.2, 0.25) is 5.89 Å². The summed E-state index contributed by atoms with van der Waals surface area (Å²) < 4.78 is 5.74. The zero-order chi connectivity index (χ0) is 21.8. The van der Waals surface area contributed by atoms with Gasteiger partial charge in [-0.2, -0.15) is 0 Å². The molecule has 7 heteroatoms. The number of benzene rings is 1. The van der Waals surface area contributed by atoms with Crippen molar-refractivity contribution in [1.82, 2.24) is 24.8 Å². The van der Waals surface area contributed by atoms with Crippen LogP contribution < -0.4 is 4.90 Å². The molecule has 0 amide bonds. The molecule has 1 aliphatic heterocycles. The SMILES string of the molecule is CCc1cc(N2CCN(Cc3nc(-c4ccccc4)co3)CC2)nc(-c2ccncc2)n1. The predicted octanol–water partition coefficient (Wildman–Crippen LogP) is 4.08. The number of aromatic nitrogens is 4. The van der Waals surface area contributed by atoms with Gasteiger partial charge in [0.15, 0.2) is 5.82 Å². The zero-order valence-electron chi connectivity index (χ0n) is 18.2. The van der Waals surface area contributed by atoms with Gasteiger partial charge in [0, 0.05) is 61.5 Å². The number of nitrogens with zero attached hydrogens (tertiary/aromatic N) is 6. The van der Waals surface area contributed by atoms with Crippen molar-refractivity contribution >= 4 is 5.82 Å². The second-order valence-electron chi connectivity index (χ2n) is 7.89. The van der Waals surface area contributed by atoms with Crippen LogP contribution in [0.25, 0.3) is 22.6 Å². The van der Waals surface area contributed by atoms with E-state index in [1.54, 1.807) is 18.7 Å². The number of anilines is 1. The molecule has 1 fully saturated rings. The number of oxazole rings is 1. The molecule has 0 spiro atoms. The number of piperazine rings is 1. The van der Waals surface area contributed by atoms with E-state index in [9.17, 15) is 0 Å². The molecular weight excluding hydrogens is 400 g/mol. The number of aryl methyl sites for hydroxylation is 1. The second kappa shape index (κ2) is 9.28. The van der Waals surface area contributed by atoms with Crippen molar-refractivity contribution in [2.45, 2.75) is 19.9 Å². The topological polar surface area (TPSA) is 71.2 Å². The highest BCUT2D eigenvalue weighted by molar-refractivity contribution is 5.58. The van der Waals surface area contributed by atoms with Crippen molar-refractivity contribution < 1.29 is 4.42 Å². The quantitative estimate of drug-likeness (QED) is 0.460. The summed E-state index contributed by atoms with van der Waals surface area (Å²) in [5.41, 5.74) is 4.01. The fraction of sp³-hybridized carbons (Fsp3) is 0.280. The van der Waals surface area contributed by atoms with E-state index in [2.05, 4.69) is 32.8 Å². The summed E-state index contributed by atoms with van der Waals surface area (Å²) >= 11 is 0. The fourth-order valence-corrected chi connectivity index (χ4v) is 3.91. The monoisotopic (exact) mass is 426 g/mol. The molecule has 4 aromatic rings. The molecule has 7 nitrogen and oxygen atoms in total. The van der Waals surface area contributed by atoms with Crippen LogP contribution >= 0.6 is 0 Å². The molecule has 5 rings (SSSR count). The molecule has 0 aliphatic carbocycles. The normalized spacial score (nSPS) is 14.6. The molecule has 0 N–H and O–H groups in total. The van der Waals surface area contributed by atoms with E-state index >= 15 is 0 Å². The molecule has 1 saturated heterocycles. The zero-order valence-corrected chi connectivity index (χ0v) is 18.2. The van der Waals surface area contributed by atoms with Crippen molar-refractivity contribution in [1.29, 1.82) is 0 Å². The maximum atomic E-state index is 5.74. The van der Waals surface area contributed by atoms with Gasteiger partial charge in [-0.15, -0.1) is 0 Å². The van der Waals surface area contributed by atoms with Crippen LogP contribution in [-0.2, 0) is 13.0 Å². The van der Waals surface area contributed by atoms with Gasteiger partial charge in [-0.05, 0) is 18.6 Å². The smallest absolute Gasteiger partial charge is 0.208 e. The Hall–Kier alpha value is -3.58. The lowest BCUT2D eigenvalue weighted by atomic mass is 10.2. The molecule has 0 atom stereocenters. The Morgan fingerprint density at radius 3 is 2.41 bits per heavy atom. The number of hydrogen-bond acceptors (Lipinski definition) is 7. The molecule has 32 heavy (non-hydrogen) atoms. The Kier molecular flexibility index (Phi) is 5.89. The molecule has 1 aliphatic rings. The number of pyridine rings is 1. The summed E-state index contributed by atoms with van der Waals surface area (Å²) in [4.78, 5) is 23.1. The molecule has 3 aromatic heterocycles. The largest absolute Gasteiger partial charge is 0.447 e. The Morgan fingerprint density at radius 2 is 1.66 bits per heavy atom. The second-order valence-corrected chi connectivity index (χ2v) is 7.89. The first-order valence-corrected chi connectivity index (χ1v) is 11.0. The Morgan fingerprint density at radius 1 is 0.875 bits per heavy atom. The van der Waals surface area contributed by atoms with Crippen LogP contribution in [0.3, 0.4) is 0 Å².